The van der Waals surface area contributed by atoms with Crippen molar-refractivity contribution in [3.63, 3.8) is 0 Å². The lowest BCUT2D eigenvalue weighted by Crippen LogP contribution is -2.23. The van der Waals surface area contributed by atoms with Crippen LogP contribution in [0.15, 0.2) is 42.5 Å². The first-order chi connectivity index (χ1) is 9.60. The number of aryl methyl sites for hydroxylation is 3. The summed E-state index contributed by atoms with van der Waals surface area (Å²) < 4.78 is 0. The molecule has 2 rings (SSSR count). The maximum absolute atomic E-state index is 3.63. The molecule has 1 atom stereocenters. The first kappa shape index (κ1) is 14.8. The number of hydrogen-bond acceptors (Lipinski definition) is 1. The zero-order chi connectivity index (χ0) is 14.5. The molecule has 2 aromatic carbocycles. The molecule has 0 spiro atoms. The average Bonchev–Trinajstić information content (AvgIpc) is 2.39. The summed E-state index contributed by atoms with van der Waals surface area (Å²) in [5.74, 6) is 0. The van der Waals surface area contributed by atoms with Gasteiger partial charge in [-0.05, 0) is 50.4 Å². The molecule has 0 saturated heterocycles. The second-order valence-corrected chi connectivity index (χ2v) is 5.66. The molecule has 106 valence electrons. The molecule has 0 fully saturated rings. The highest BCUT2D eigenvalue weighted by Crippen LogP contribution is 2.22. The van der Waals surface area contributed by atoms with Crippen LogP contribution >= 0.6 is 0 Å². The van der Waals surface area contributed by atoms with E-state index >= 15 is 0 Å². The number of rotatable bonds is 5. The van der Waals surface area contributed by atoms with Gasteiger partial charge in [0.1, 0.15) is 0 Å². The summed E-state index contributed by atoms with van der Waals surface area (Å²) in [7, 11) is 0. The highest BCUT2D eigenvalue weighted by molar-refractivity contribution is 5.33. The Labute approximate surface area is 123 Å². The van der Waals surface area contributed by atoms with Crippen LogP contribution in [0.5, 0.6) is 0 Å². The molecule has 1 heteroatoms. The maximum Gasteiger partial charge on any atom is 0.0361 e. The Hall–Kier alpha value is -1.60. The Morgan fingerprint density at radius 1 is 0.950 bits per heavy atom. The van der Waals surface area contributed by atoms with Crippen molar-refractivity contribution >= 4 is 0 Å². The lowest BCUT2D eigenvalue weighted by molar-refractivity contribution is 0.548. The third-order valence-electron chi connectivity index (χ3n) is 3.78. The molecular formula is C19H25N. The minimum absolute atomic E-state index is 0.389. The van der Waals surface area contributed by atoms with Crippen molar-refractivity contribution < 1.29 is 0 Å². The van der Waals surface area contributed by atoms with E-state index in [9.17, 15) is 0 Å². The van der Waals surface area contributed by atoms with Crippen LogP contribution in [-0.2, 0) is 6.42 Å². The SMILES string of the molecule is CCNC(Cc1ccccc1C)c1cc(C)cc(C)c1. The molecule has 0 aromatic heterocycles. The van der Waals surface area contributed by atoms with Crippen molar-refractivity contribution in [2.24, 2.45) is 0 Å². The van der Waals surface area contributed by atoms with Gasteiger partial charge >= 0.3 is 0 Å². The topological polar surface area (TPSA) is 12.0 Å². The molecular weight excluding hydrogens is 242 g/mol. The van der Waals surface area contributed by atoms with E-state index in [4.69, 9.17) is 0 Å². The number of nitrogens with one attached hydrogen (secondary N) is 1. The molecule has 0 saturated carbocycles. The van der Waals surface area contributed by atoms with E-state index in [1.807, 2.05) is 0 Å². The Bertz CT molecular complexity index is 551. The van der Waals surface area contributed by atoms with Crippen molar-refractivity contribution in [1.29, 1.82) is 0 Å². The first-order valence-electron chi connectivity index (χ1n) is 7.46. The third kappa shape index (κ3) is 3.71. The second kappa shape index (κ2) is 6.71. The Kier molecular flexibility index (Phi) is 4.97. The van der Waals surface area contributed by atoms with E-state index in [2.05, 4.69) is 75.5 Å². The highest BCUT2D eigenvalue weighted by atomic mass is 14.9. The summed E-state index contributed by atoms with van der Waals surface area (Å²) in [5.41, 5.74) is 6.88. The molecule has 0 amide bonds. The molecule has 0 bridgehead atoms. The third-order valence-corrected chi connectivity index (χ3v) is 3.78. The van der Waals surface area contributed by atoms with E-state index in [1.165, 1.54) is 27.8 Å². The minimum atomic E-state index is 0.389. The van der Waals surface area contributed by atoms with E-state index < -0.39 is 0 Å². The number of benzene rings is 2. The van der Waals surface area contributed by atoms with E-state index in [-0.39, 0.29) is 0 Å². The van der Waals surface area contributed by atoms with Gasteiger partial charge in [-0.15, -0.1) is 0 Å². The van der Waals surface area contributed by atoms with Gasteiger partial charge in [-0.1, -0.05) is 60.5 Å². The summed E-state index contributed by atoms with van der Waals surface area (Å²) in [6, 6.07) is 15.9. The molecule has 1 N–H and O–H groups in total. The summed E-state index contributed by atoms with van der Waals surface area (Å²) in [6.07, 6.45) is 1.05. The second-order valence-electron chi connectivity index (χ2n) is 5.66. The van der Waals surface area contributed by atoms with Gasteiger partial charge in [-0.25, -0.2) is 0 Å². The van der Waals surface area contributed by atoms with Crippen LogP contribution in [-0.4, -0.2) is 6.54 Å². The van der Waals surface area contributed by atoms with Crippen LogP contribution in [0, 0.1) is 20.8 Å². The van der Waals surface area contributed by atoms with Crippen LogP contribution in [0.2, 0.25) is 0 Å². The van der Waals surface area contributed by atoms with Gasteiger partial charge in [-0.3, -0.25) is 0 Å². The van der Waals surface area contributed by atoms with Crippen LogP contribution in [0.1, 0.15) is 40.8 Å². The fraction of sp³-hybridized carbons (Fsp3) is 0.368. The summed E-state index contributed by atoms with van der Waals surface area (Å²) in [6.45, 7) is 9.71. The molecule has 2 aromatic rings. The average molecular weight is 267 g/mol. The molecule has 20 heavy (non-hydrogen) atoms. The molecule has 0 aliphatic carbocycles. The zero-order valence-corrected chi connectivity index (χ0v) is 13.0. The van der Waals surface area contributed by atoms with Crippen molar-refractivity contribution in [3.05, 3.63) is 70.3 Å². The van der Waals surface area contributed by atoms with Crippen molar-refractivity contribution in [2.75, 3.05) is 6.54 Å². The smallest absolute Gasteiger partial charge is 0.0361 e. The molecule has 0 radical (unpaired) electrons. The molecule has 1 nitrogen and oxygen atoms in total. The van der Waals surface area contributed by atoms with Gasteiger partial charge in [0.2, 0.25) is 0 Å². The van der Waals surface area contributed by atoms with Gasteiger partial charge in [0.25, 0.3) is 0 Å². The molecule has 1 unspecified atom stereocenters. The molecule has 0 aliphatic rings. The normalized spacial score (nSPS) is 12.4. The van der Waals surface area contributed by atoms with Crippen molar-refractivity contribution in [3.8, 4) is 0 Å². The summed E-state index contributed by atoms with van der Waals surface area (Å²) >= 11 is 0. The zero-order valence-electron chi connectivity index (χ0n) is 13.0. The van der Waals surface area contributed by atoms with E-state index in [1.54, 1.807) is 0 Å². The predicted molar refractivity (Wildman–Crippen MR) is 87.2 cm³/mol. The minimum Gasteiger partial charge on any atom is -0.310 e. The van der Waals surface area contributed by atoms with Gasteiger partial charge in [0.15, 0.2) is 0 Å². The maximum atomic E-state index is 3.63. The van der Waals surface area contributed by atoms with Crippen molar-refractivity contribution in [1.82, 2.24) is 5.32 Å². The van der Waals surface area contributed by atoms with Gasteiger partial charge in [0, 0.05) is 6.04 Å². The quantitative estimate of drug-likeness (QED) is 0.840. The monoisotopic (exact) mass is 267 g/mol. The van der Waals surface area contributed by atoms with Crippen LogP contribution < -0.4 is 5.32 Å². The lowest BCUT2D eigenvalue weighted by atomic mass is 9.94. The predicted octanol–water partition coefficient (Wildman–Crippen LogP) is 4.51. The Balaban J connectivity index is 2.29. The van der Waals surface area contributed by atoms with Crippen LogP contribution in [0.4, 0.5) is 0 Å². The van der Waals surface area contributed by atoms with Gasteiger partial charge < -0.3 is 5.32 Å². The first-order valence-corrected chi connectivity index (χ1v) is 7.46. The number of hydrogen-bond donors (Lipinski definition) is 1. The van der Waals surface area contributed by atoms with E-state index in [0.29, 0.717) is 6.04 Å². The summed E-state index contributed by atoms with van der Waals surface area (Å²) in [4.78, 5) is 0. The van der Waals surface area contributed by atoms with Crippen LogP contribution in [0.3, 0.4) is 0 Å². The Morgan fingerprint density at radius 2 is 1.60 bits per heavy atom. The van der Waals surface area contributed by atoms with E-state index in [0.717, 1.165) is 13.0 Å². The standard InChI is InChI=1S/C19H25N/c1-5-20-19(13-17-9-7-6-8-16(17)4)18-11-14(2)10-15(3)12-18/h6-12,19-20H,5,13H2,1-4H3. The molecule has 0 aliphatic heterocycles. The number of likely N-dealkylation sites (N-methyl/N-ethyl adjacent to an activating group) is 1. The van der Waals surface area contributed by atoms with Gasteiger partial charge in [0.05, 0.1) is 0 Å². The largest absolute Gasteiger partial charge is 0.310 e. The van der Waals surface area contributed by atoms with Gasteiger partial charge in [-0.2, -0.15) is 0 Å². The Morgan fingerprint density at radius 3 is 2.20 bits per heavy atom. The summed E-state index contributed by atoms with van der Waals surface area (Å²) in [5, 5.41) is 3.63. The fourth-order valence-corrected chi connectivity index (χ4v) is 2.82. The molecule has 0 heterocycles. The van der Waals surface area contributed by atoms with Crippen molar-refractivity contribution in [2.45, 2.75) is 40.2 Å². The highest BCUT2D eigenvalue weighted by Gasteiger charge is 2.13. The fourth-order valence-electron chi connectivity index (χ4n) is 2.82. The van der Waals surface area contributed by atoms with Crippen LogP contribution in [0.25, 0.3) is 0 Å². The lowest BCUT2D eigenvalue weighted by Gasteiger charge is -2.20.